The van der Waals surface area contributed by atoms with Crippen LogP contribution in [-0.2, 0) is 10.0 Å². The molecule has 0 bridgehead atoms. The Morgan fingerprint density at radius 2 is 1.55 bits per heavy atom. The zero-order chi connectivity index (χ0) is 14.9. The summed E-state index contributed by atoms with van der Waals surface area (Å²) in [6.45, 7) is 0. The summed E-state index contributed by atoms with van der Waals surface area (Å²) in [5, 5.41) is 0. The van der Waals surface area contributed by atoms with E-state index in [0.717, 1.165) is 12.1 Å². The third-order valence-corrected chi connectivity index (χ3v) is 4.90. The van der Waals surface area contributed by atoms with E-state index < -0.39 is 27.3 Å². The Balaban J connectivity index is 2.38. The van der Waals surface area contributed by atoms with E-state index in [-0.39, 0.29) is 9.37 Å². The zero-order valence-corrected chi connectivity index (χ0v) is 13.7. The minimum Gasteiger partial charge on any atom is -0.277 e. The van der Waals surface area contributed by atoms with Gasteiger partial charge in [0.2, 0.25) is 0 Å². The van der Waals surface area contributed by atoms with Gasteiger partial charge < -0.3 is 0 Å². The van der Waals surface area contributed by atoms with Crippen molar-refractivity contribution in [2.75, 3.05) is 4.72 Å². The molecule has 2 rings (SSSR count). The molecule has 0 unspecified atom stereocenters. The Morgan fingerprint density at radius 1 is 0.950 bits per heavy atom. The number of rotatable bonds is 3. The van der Waals surface area contributed by atoms with Crippen LogP contribution >= 0.6 is 31.9 Å². The van der Waals surface area contributed by atoms with Crippen molar-refractivity contribution in [3.05, 3.63) is 57.0 Å². The van der Waals surface area contributed by atoms with Crippen LogP contribution in [0.5, 0.6) is 0 Å². The number of benzene rings is 2. The maximum absolute atomic E-state index is 13.6. The average molecular weight is 427 g/mol. The molecule has 1 N–H and O–H groups in total. The lowest BCUT2D eigenvalue weighted by molar-refractivity contribution is 0.592. The van der Waals surface area contributed by atoms with Gasteiger partial charge in [0.25, 0.3) is 10.0 Å². The quantitative estimate of drug-likeness (QED) is 0.744. The number of anilines is 1. The number of nitrogens with one attached hydrogen (secondary N) is 1. The smallest absolute Gasteiger partial charge is 0.261 e. The molecule has 0 aromatic heterocycles. The highest BCUT2D eigenvalue weighted by molar-refractivity contribution is 9.10. The van der Waals surface area contributed by atoms with Crippen LogP contribution in [0.4, 0.5) is 14.5 Å². The molecule has 0 atom stereocenters. The Hall–Kier alpha value is -0.990. The Kier molecular flexibility index (Phi) is 4.46. The molecular weight excluding hydrogens is 420 g/mol. The van der Waals surface area contributed by atoms with E-state index in [2.05, 4.69) is 31.9 Å². The summed E-state index contributed by atoms with van der Waals surface area (Å²) < 4.78 is 53.6. The second kappa shape index (κ2) is 5.79. The molecule has 2 aromatic rings. The minimum atomic E-state index is -3.98. The molecule has 0 radical (unpaired) electrons. The van der Waals surface area contributed by atoms with E-state index in [1.54, 1.807) is 0 Å². The molecule has 8 heteroatoms. The Morgan fingerprint density at radius 3 is 2.15 bits per heavy atom. The molecule has 0 aliphatic carbocycles. The monoisotopic (exact) mass is 425 g/mol. The predicted octanol–water partition coefficient (Wildman–Crippen LogP) is 4.29. The van der Waals surface area contributed by atoms with Crippen molar-refractivity contribution in [2.45, 2.75) is 4.90 Å². The Bertz CT molecular complexity index is 749. The molecule has 0 fully saturated rings. The molecular formula is C12H7Br2F2NO2S. The molecule has 0 aliphatic rings. The molecule has 0 heterocycles. The van der Waals surface area contributed by atoms with Crippen LogP contribution in [-0.4, -0.2) is 8.42 Å². The summed E-state index contributed by atoms with van der Waals surface area (Å²) in [6.07, 6.45) is 0. The highest BCUT2D eigenvalue weighted by Crippen LogP contribution is 2.25. The van der Waals surface area contributed by atoms with Crippen LogP contribution in [0.3, 0.4) is 0 Å². The SMILES string of the molecule is O=S(=O)(Nc1cc(F)c(Br)cc1F)c1ccc(Br)cc1. The van der Waals surface area contributed by atoms with Gasteiger partial charge in [-0.25, -0.2) is 17.2 Å². The van der Waals surface area contributed by atoms with E-state index in [1.165, 1.54) is 24.3 Å². The van der Waals surface area contributed by atoms with Gasteiger partial charge in [-0.2, -0.15) is 0 Å². The number of sulfonamides is 1. The molecule has 0 spiro atoms. The summed E-state index contributed by atoms with van der Waals surface area (Å²) in [4.78, 5) is -0.0524. The van der Waals surface area contributed by atoms with Crippen LogP contribution in [0.1, 0.15) is 0 Å². The summed E-state index contributed by atoms with van der Waals surface area (Å²) >= 11 is 5.99. The first-order valence-electron chi connectivity index (χ1n) is 5.22. The second-order valence-corrected chi connectivity index (χ2v) is 7.26. The van der Waals surface area contributed by atoms with E-state index in [4.69, 9.17) is 0 Å². The molecule has 0 saturated carbocycles. The molecule has 2 aromatic carbocycles. The van der Waals surface area contributed by atoms with Gasteiger partial charge >= 0.3 is 0 Å². The maximum Gasteiger partial charge on any atom is 0.261 e. The van der Waals surface area contributed by atoms with Crippen LogP contribution in [0.2, 0.25) is 0 Å². The first-order chi connectivity index (χ1) is 9.29. The van der Waals surface area contributed by atoms with Crippen molar-refractivity contribution in [3.63, 3.8) is 0 Å². The van der Waals surface area contributed by atoms with Gasteiger partial charge in [0.15, 0.2) is 0 Å². The van der Waals surface area contributed by atoms with E-state index in [0.29, 0.717) is 4.47 Å². The maximum atomic E-state index is 13.6. The van der Waals surface area contributed by atoms with Crippen LogP contribution in [0.25, 0.3) is 0 Å². The van der Waals surface area contributed by atoms with Gasteiger partial charge in [0.05, 0.1) is 15.1 Å². The second-order valence-electron chi connectivity index (χ2n) is 3.81. The topological polar surface area (TPSA) is 46.2 Å². The molecule has 3 nitrogen and oxygen atoms in total. The Labute approximate surface area is 131 Å². The lowest BCUT2D eigenvalue weighted by atomic mass is 10.3. The lowest BCUT2D eigenvalue weighted by Crippen LogP contribution is -2.14. The van der Waals surface area contributed by atoms with Gasteiger partial charge in [0.1, 0.15) is 11.6 Å². The fourth-order valence-electron chi connectivity index (χ4n) is 1.42. The molecule has 0 saturated heterocycles. The molecule has 0 amide bonds. The van der Waals surface area contributed by atoms with Crippen molar-refractivity contribution in [1.29, 1.82) is 0 Å². The highest BCUT2D eigenvalue weighted by Gasteiger charge is 2.17. The van der Waals surface area contributed by atoms with Gasteiger partial charge in [-0.1, -0.05) is 15.9 Å². The number of hydrogen-bond acceptors (Lipinski definition) is 2. The van der Waals surface area contributed by atoms with E-state index in [9.17, 15) is 17.2 Å². The first kappa shape index (κ1) is 15.4. The average Bonchev–Trinajstić information content (AvgIpc) is 2.36. The third-order valence-electron chi connectivity index (χ3n) is 2.38. The van der Waals surface area contributed by atoms with Crippen LogP contribution < -0.4 is 4.72 Å². The standard InChI is InChI=1S/C12H7Br2F2NO2S/c13-7-1-3-8(4-2-7)20(18,19)17-12-6-10(15)9(14)5-11(12)16/h1-6,17H. The van der Waals surface area contributed by atoms with Gasteiger partial charge in [-0.15, -0.1) is 0 Å². The number of halogens is 4. The highest BCUT2D eigenvalue weighted by atomic mass is 79.9. The van der Waals surface area contributed by atoms with Crippen molar-refractivity contribution >= 4 is 47.6 Å². The minimum absolute atomic E-state index is 0.0524. The summed E-state index contributed by atoms with van der Waals surface area (Å²) in [7, 11) is -3.98. The normalized spacial score (nSPS) is 11.4. The predicted molar refractivity (Wildman–Crippen MR) is 79.0 cm³/mol. The van der Waals surface area contributed by atoms with Crippen molar-refractivity contribution in [1.82, 2.24) is 0 Å². The van der Waals surface area contributed by atoms with Crippen molar-refractivity contribution in [3.8, 4) is 0 Å². The van der Waals surface area contributed by atoms with Gasteiger partial charge in [0, 0.05) is 10.5 Å². The lowest BCUT2D eigenvalue weighted by Gasteiger charge is -2.09. The fraction of sp³-hybridized carbons (Fsp3) is 0. The summed E-state index contributed by atoms with van der Waals surface area (Å²) in [5.41, 5.74) is -0.450. The van der Waals surface area contributed by atoms with Gasteiger partial charge in [-0.05, 0) is 46.3 Å². The van der Waals surface area contributed by atoms with Crippen molar-refractivity contribution in [2.24, 2.45) is 0 Å². The third kappa shape index (κ3) is 3.36. The van der Waals surface area contributed by atoms with Crippen molar-refractivity contribution < 1.29 is 17.2 Å². The molecule has 106 valence electrons. The molecule has 0 aliphatic heterocycles. The zero-order valence-electron chi connectivity index (χ0n) is 9.70. The first-order valence-corrected chi connectivity index (χ1v) is 8.29. The van der Waals surface area contributed by atoms with Crippen LogP contribution in [0.15, 0.2) is 50.2 Å². The largest absolute Gasteiger partial charge is 0.277 e. The number of hydrogen-bond donors (Lipinski definition) is 1. The van der Waals surface area contributed by atoms with Gasteiger partial charge in [-0.3, -0.25) is 4.72 Å². The molecule has 20 heavy (non-hydrogen) atoms. The van der Waals surface area contributed by atoms with Crippen LogP contribution in [0, 0.1) is 11.6 Å². The summed E-state index contributed by atoms with van der Waals surface area (Å²) in [5.74, 6) is -1.64. The summed E-state index contributed by atoms with van der Waals surface area (Å²) in [6, 6.07) is 7.39. The van der Waals surface area contributed by atoms with E-state index in [1.807, 2.05) is 4.72 Å². The van der Waals surface area contributed by atoms with E-state index >= 15 is 0 Å². The fourth-order valence-corrected chi connectivity index (χ4v) is 3.06.